The fourth-order valence-electron chi connectivity index (χ4n) is 0.441. The average Bonchev–Trinajstić information content (AvgIpc) is 2.09. The SMILES string of the molecule is CC=CC=COC(=O)/C=C/C(=O)O. The fraction of sp³-hybridized carbons (Fsp3) is 0.111. The van der Waals surface area contributed by atoms with Crippen LogP contribution < -0.4 is 0 Å². The van der Waals surface area contributed by atoms with Crippen LogP contribution in [0.1, 0.15) is 6.92 Å². The molecule has 0 aromatic rings. The average molecular weight is 182 g/mol. The Bertz CT molecular complexity index is 261. The lowest BCUT2D eigenvalue weighted by molar-refractivity contribution is -0.134. The van der Waals surface area contributed by atoms with Gasteiger partial charge in [-0.05, 0) is 13.0 Å². The van der Waals surface area contributed by atoms with E-state index in [4.69, 9.17) is 5.11 Å². The molecule has 0 saturated carbocycles. The molecule has 0 aliphatic heterocycles. The monoisotopic (exact) mass is 182 g/mol. The van der Waals surface area contributed by atoms with Gasteiger partial charge in [0.2, 0.25) is 0 Å². The molecule has 4 nitrogen and oxygen atoms in total. The molecule has 0 aromatic carbocycles. The van der Waals surface area contributed by atoms with Crippen molar-refractivity contribution in [2.75, 3.05) is 0 Å². The number of ether oxygens (including phenoxy) is 1. The summed E-state index contributed by atoms with van der Waals surface area (Å²) in [5, 5.41) is 8.15. The summed E-state index contributed by atoms with van der Waals surface area (Å²) in [7, 11) is 0. The minimum atomic E-state index is -1.19. The number of rotatable bonds is 4. The molecule has 0 fully saturated rings. The lowest BCUT2D eigenvalue weighted by atomic mass is 10.5. The molecule has 0 aliphatic carbocycles. The normalized spacial score (nSPS) is 11.5. The van der Waals surface area contributed by atoms with E-state index < -0.39 is 11.9 Å². The predicted octanol–water partition coefficient (Wildman–Crippen LogP) is 1.26. The molecule has 0 aliphatic rings. The highest BCUT2D eigenvalue weighted by molar-refractivity contribution is 5.90. The van der Waals surface area contributed by atoms with E-state index in [1.54, 1.807) is 12.2 Å². The van der Waals surface area contributed by atoms with Crippen LogP contribution in [0.3, 0.4) is 0 Å². The molecule has 0 aromatic heterocycles. The molecular weight excluding hydrogens is 172 g/mol. The standard InChI is InChI=1S/C9H10O4/c1-2-3-4-7-13-9(12)6-5-8(10)11/h2-7H,1H3,(H,10,11)/b3-2?,6-5+,7-4?. The Kier molecular flexibility index (Phi) is 5.88. The molecule has 0 unspecified atom stereocenters. The molecule has 70 valence electrons. The van der Waals surface area contributed by atoms with E-state index in [0.717, 1.165) is 6.08 Å². The molecule has 4 heteroatoms. The van der Waals surface area contributed by atoms with Crippen molar-refractivity contribution in [1.82, 2.24) is 0 Å². The van der Waals surface area contributed by atoms with Gasteiger partial charge in [-0.1, -0.05) is 12.2 Å². The Morgan fingerprint density at radius 1 is 1.23 bits per heavy atom. The van der Waals surface area contributed by atoms with Crippen LogP contribution >= 0.6 is 0 Å². The molecule has 0 bridgehead atoms. The number of carboxylic acid groups (broad SMARTS) is 1. The number of carbonyl (C=O) groups is 2. The molecular formula is C9H10O4. The van der Waals surface area contributed by atoms with Gasteiger partial charge in [0.1, 0.15) is 0 Å². The van der Waals surface area contributed by atoms with E-state index >= 15 is 0 Å². The van der Waals surface area contributed by atoms with Gasteiger partial charge < -0.3 is 9.84 Å². The number of allylic oxidation sites excluding steroid dienone is 3. The molecule has 0 radical (unpaired) electrons. The summed E-state index contributed by atoms with van der Waals surface area (Å²) < 4.78 is 4.47. The second kappa shape index (κ2) is 6.84. The molecule has 0 atom stereocenters. The Labute approximate surface area is 75.8 Å². The van der Waals surface area contributed by atoms with Crippen molar-refractivity contribution in [2.24, 2.45) is 0 Å². The predicted molar refractivity (Wildman–Crippen MR) is 46.8 cm³/mol. The fourth-order valence-corrected chi connectivity index (χ4v) is 0.441. The van der Waals surface area contributed by atoms with Gasteiger partial charge in [-0.25, -0.2) is 9.59 Å². The molecule has 0 spiro atoms. The van der Waals surface area contributed by atoms with Crippen molar-refractivity contribution in [3.8, 4) is 0 Å². The summed E-state index contributed by atoms with van der Waals surface area (Å²) in [5.41, 5.74) is 0. The van der Waals surface area contributed by atoms with Gasteiger partial charge >= 0.3 is 11.9 Å². The van der Waals surface area contributed by atoms with Gasteiger partial charge in [-0.15, -0.1) is 0 Å². The van der Waals surface area contributed by atoms with Crippen LogP contribution in [-0.4, -0.2) is 17.0 Å². The van der Waals surface area contributed by atoms with Crippen LogP contribution in [0.4, 0.5) is 0 Å². The van der Waals surface area contributed by atoms with Crippen molar-refractivity contribution in [1.29, 1.82) is 0 Å². The molecule has 0 rings (SSSR count). The number of carbonyl (C=O) groups excluding carboxylic acids is 1. The lowest BCUT2D eigenvalue weighted by Crippen LogP contribution is -1.96. The second-order valence-electron chi connectivity index (χ2n) is 1.96. The third-order valence-corrected chi connectivity index (χ3v) is 0.928. The molecule has 13 heavy (non-hydrogen) atoms. The van der Waals surface area contributed by atoms with Crippen molar-refractivity contribution in [3.05, 3.63) is 36.6 Å². The molecule has 0 heterocycles. The van der Waals surface area contributed by atoms with E-state index in [9.17, 15) is 9.59 Å². The third-order valence-electron chi connectivity index (χ3n) is 0.928. The number of hydrogen-bond acceptors (Lipinski definition) is 3. The number of hydrogen-bond donors (Lipinski definition) is 1. The van der Waals surface area contributed by atoms with E-state index in [0.29, 0.717) is 6.08 Å². The first-order valence-electron chi connectivity index (χ1n) is 3.56. The zero-order valence-corrected chi connectivity index (χ0v) is 7.14. The summed E-state index contributed by atoms with van der Waals surface area (Å²) >= 11 is 0. The Balaban J connectivity index is 3.82. The van der Waals surface area contributed by atoms with Crippen LogP contribution in [0.5, 0.6) is 0 Å². The maximum absolute atomic E-state index is 10.7. The van der Waals surface area contributed by atoms with Gasteiger partial charge in [0, 0.05) is 12.2 Å². The van der Waals surface area contributed by atoms with Gasteiger partial charge in [0.15, 0.2) is 0 Å². The number of esters is 1. The number of carboxylic acids is 1. The van der Waals surface area contributed by atoms with Crippen molar-refractivity contribution in [2.45, 2.75) is 6.92 Å². The summed E-state index contributed by atoms with van der Waals surface area (Å²) in [6.45, 7) is 1.82. The van der Waals surface area contributed by atoms with Crippen molar-refractivity contribution < 1.29 is 19.4 Å². The van der Waals surface area contributed by atoms with Gasteiger partial charge in [0.25, 0.3) is 0 Å². The first-order chi connectivity index (χ1) is 6.16. The van der Waals surface area contributed by atoms with Crippen LogP contribution in [0.15, 0.2) is 36.6 Å². The zero-order chi connectivity index (χ0) is 10.1. The molecule has 0 saturated heterocycles. The minimum absolute atomic E-state index is 0.714. The smallest absolute Gasteiger partial charge is 0.335 e. The van der Waals surface area contributed by atoms with E-state index in [1.165, 1.54) is 12.3 Å². The van der Waals surface area contributed by atoms with Crippen molar-refractivity contribution in [3.63, 3.8) is 0 Å². The largest absolute Gasteiger partial charge is 0.478 e. The minimum Gasteiger partial charge on any atom is -0.478 e. The highest BCUT2D eigenvalue weighted by Crippen LogP contribution is 1.84. The quantitative estimate of drug-likeness (QED) is 0.307. The van der Waals surface area contributed by atoms with Crippen molar-refractivity contribution >= 4 is 11.9 Å². The first kappa shape index (κ1) is 11.2. The van der Waals surface area contributed by atoms with Crippen LogP contribution in [0.25, 0.3) is 0 Å². The Morgan fingerprint density at radius 2 is 1.92 bits per heavy atom. The summed E-state index contributed by atoms with van der Waals surface area (Å²) in [4.78, 5) is 20.6. The Morgan fingerprint density at radius 3 is 2.46 bits per heavy atom. The topological polar surface area (TPSA) is 63.6 Å². The van der Waals surface area contributed by atoms with Gasteiger partial charge in [0.05, 0.1) is 6.26 Å². The van der Waals surface area contributed by atoms with Gasteiger partial charge in [-0.2, -0.15) is 0 Å². The van der Waals surface area contributed by atoms with Crippen LogP contribution in [0, 0.1) is 0 Å². The van der Waals surface area contributed by atoms with E-state index in [2.05, 4.69) is 4.74 Å². The van der Waals surface area contributed by atoms with Crippen LogP contribution in [0.2, 0.25) is 0 Å². The highest BCUT2D eigenvalue weighted by Gasteiger charge is 1.93. The number of aliphatic carboxylic acids is 1. The third kappa shape index (κ3) is 8.06. The maximum Gasteiger partial charge on any atom is 0.335 e. The lowest BCUT2D eigenvalue weighted by Gasteiger charge is -1.89. The Hall–Kier alpha value is -1.84. The summed E-state index contributed by atoms with van der Waals surface area (Å²) in [5.74, 6) is -1.91. The van der Waals surface area contributed by atoms with E-state index in [1.807, 2.05) is 6.92 Å². The first-order valence-corrected chi connectivity index (χ1v) is 3.56. The van der Waals surface area contributed by atoms with Crippen LogP contribution in [-0.2, 0) is 14.3 Å². The molecule has 1 N–H and O–H groups in total. The maximum atomic E-state index is 10.7. The van der Waals surface area contributed by atoms with E-state index in [-0.39, 0.29) is 0 Å². The zero-order valence-electron chi connectivity index (χ0n) is 7.14. The summed E-state index contributed by atoms with van der Waals surface area (Å²) in [6.07, 6.45) is 7.68. The van der Waals surface area contributed by atoms with Gasteiger partial charge in [-0.3, -0.25) is 0 Å². The second-order valence-corrected chi connectivity index (χ2v) is 1.96. The molecule has 0 amide bonds. The highest BCUT2D eigenvalue weighted by atomic mass is 16.5. The summed E-state index contributed by atoms with van der Waals surface area (Å²) in [6, 6.07) is 0.